The summed E-state index contributed by atoms with van der Waals surface area (Å²) in [6.07, 6.45) is 0.962. The molecule has 0 atom stereocenters. The van der Waals surface area contributed by atoms with Crippen LogP contribution in [-0.4, -0.2) is 48.0 Å². The molecular formula is C14H17N3O4S2. The molecule has 1 aromatic heterocycles. The fourth-order valence-corrected chi connectivity index (χ4v) is 5.27. The van der Waals surface area contributed by atoms with Crippen molar-refractivity contribution in [3.05, 3.63) is 18.2 Å². The first kappa shape index (κ1) is 16.3. The number of ether oxygens (including phenoxy) is 1. The van der Waals surface area contributed by atoms with Crippen LogP contribution in [0.4, 0.5) is 0 Å². The van der Waals surface area contributed by atoms with Crippen molar-refractivity contribution < 1.29 is 17.9 Å². The minimum absolute atomic E-state index is 0.220. The number of hydrogen-bond donors (Lipinski definition) is 0. The molecule has 0 aliphatic carbocycles. The van der Waals surface area contributed by atoms with Crippen molar-refractivity contribution in [1.82, 2.24) is 13.9 Å². The van der Waals surface area contributed by atoms with Crippen molar-refractivity contribution in [3.8, 4) is 0 Å². The van der Waals surface area contributed by atoms with E-state index >= 15 is 0 Å². The Morgan fingerprint density at radius 1 is 1.39 bits per heavy atom. The van der Waals surface area contributed by atoms with Crippen LogP contribution in [0.2, 0.25) is 0 Å². The van der Waals surface area contributed by atoms with Gasteiger partial charge in [0.1, 0.15) is 10.4 Å². The second-order valence-corrected chi connectivity index (χ2v) is 7.97. The molecule has 2 aromatic rings. The molecule has 1 aliphatic heterocycles. The maximum absolute atomic E-state index is 12.9. The summed E-state index contributed by atoms with van der Waals surface area (Å²) in [6, 6.07) is 4.99. The monoisotopic (exact) mass is 355 g/mol. The molecule has 1 fully saturated rings. The number of piperidine rings is 1. The zero-order chi connectivity index (χ0) is 16.4. The lowest BCUT2D eigenvalue weighted by atomic mass is 9.98. The quantitative estimate of drug-likeness (QED) is 0.775. The third-order valence-corrected chi connectivity index (χ3v) is 6.78. The Morgan fingerprint density at radius 2 is 2.13 bits per heavy atom. The van der Waals surface area contributed by atoms with Gasteiger partial charge in [-0.1, -0.05) is 10.6 Å². The number of hydrogen-bond acceptors (Lipinski definition) is 7. The molecule has 0 unspecified atom stereocenters. The van der Waals surface area contributed by atoms with Gasteiger partial charge in [-0.05, 0) is 43.4 Å². The predicted molar refractivity (Wildman–Crippen MR) is 85.5 cm³/mol. The predicted octanol–water partition coefficient (Wildman–Crippen LogP) is 1.66. The van der Waals surface area contributed by atoms with E-state index < -0.39 is 10.0 Å². The molecule has 0 N–H and O–H groups in total. The van der Waals surface area contributed by atoms with Crippen LogP contribution in [0.3, 0.4) is 0 Å². The van der Waals surface area contributed by atoms with E-state index in [2.05, 4.69) is 9.59 Å². The lowest BCUT2D eigenvalue weighted by Gasteiger charge is -2.30. The van der Waals surface area contributed by atoms with Crippen molar-refractivity contribution in [2.24, 2.45) is 5.92 Å². The van der Waals surface area contributed by atoms with E-state index in [1.54, 1.807) is 25.1 Å². The summed E-state index contributed by atoms with van der Waals surface area (Å²) in [5.74, 6) is -0.458. The van der Waals surface area contributed by atoms with Gasteiger partial charge in [-0.2, -0.15) is 4.31 Å². The zero-order valence-corrected chi connectivity index (χ0v) is 14.3. The van der Waals surface area contributed by atoms with Gasteiger partial charge in [0, 0.05) is 13.1 Å². The molecule has 2 heterocycles. The van der Waals surface area contributed by atoms with Gasteiger partial charge in [0.25, 0.3) is 0 Å². The summed E-state index contributed by atoms with van der Waals surface area (Å²) in [5, 5.41) is 3.92. The van der Waals surface area contributed by atoms with Crippen LogP contribution in [0, 0.1) is 5.92 Å². The highest BCUT2D eigenvalue weighted by atomic mass is 32.2. The molecule has 7 nitrogen and oxygen atoms in total. The molecule has 9 heteroatoms. The molecule has 1 saturated heterocycles. The third kappa shape index (κ3) is 3.08. The fourth-order valence-electron chi connectivity index (χ4n) is 2.71. The second-order valence-electron chi connectivity index (χ2n) is 5.31. The van der Waals surface area contributed by atoms with E-state index in [9.17, 15) is 13.2 Å². The maximum Gasteiger partial charge on any atom is 0.309 e. The Bertz CT molecular complexity index is 810. The molecule has 0 bridgehead atoms. The highest BCUT2D eigenvalue weighted by Crippen LogP contribution is 2.30. The van der Waals surface area contributed by atoms with Crippen molar-refractivity contribution in [1.29, 1.82) is 0 Å². The summed E-state index contributed by atoms with van der Waals surface area (Å²) in [5.41, 5.74) is 0.581. The van der Waals surface area contributed by atoms with Crippen LogP contribution < -0.4 is 0 Å². The lowest BCUT2D eigenvalue weighted by molar-refractivity contribution is -0.149. The average Bonchev–Trinajstić information content (AvgIpc) is 3.03. The number of rotatable bonds is 4. The minimum Gasteiger partial charge on any atom is -0.466 e. The first-order valence-electron chi connectivity index (χ1n) is 7.42. The Labute approximate surface area is 138 Å². The molecule has 0 saturated carbocycles. The molecule has 1 aliphatic rings. The van der Waals surface area contributed by atoms with Crippen molar-refractivity contribution in [2.75, 3.05) is 19.7 Å². The van der Waals surface area contributed by atoms with E-state index in [-0.39, 0.29) is 16.8 Å². The minimum atomic E-state index is -3.61. The van der Waals surface area contributed by atoms with Crippen molar-refractivity contribution in [2.45, 2.75) is 24.7 Å². The SMILES string of the molecule is CCOC(=O)C1CCN(S(=O)(=O)c2cccc3nnsc23)CC1. The van der Waals surface area contributed by atoms with Gasteiger partial charge < -0.3 is 4.74 Å². The van der Waals surface area contributed by atoms with Crippen molar-refractivity contribution in [3.63, 3.8) is 0 Å². The van der Waals surface area contributed by atoms with Gasteiger partial charge >= 0.3 is 5.97 Å². The number of esters is 1. The molecule has 3 rings (SSSR count). The molecule has 124 valence electrons. The summed E-state index contributed by atoms with van der Waals surface area (Å²) in [7, 11) is -3.61. The van der Waals surface area contributed by atoms with E-state index in [0.717, 1.165) is 11.5 Å². The standard InChI is InChI=1S/C14H17N3O4S2/c1-2-21-14(18)10-6-8-17(9-7-10)23(19,20)12-5-3-4-11-13(12)22-16-15-11/h3-5,10H,2,6-9H2,1H3. The lowest BCUT2D eigenvalue weighted by Crippen LogP contribution is -2.40. The number of sulfonamides is 1. The molecule has 0 spiro atoms. The first-order chi connectivity index (χ1) is 11.0. The first-order valence-corrected chi connectivity index (χ1v) is 9.63. The third-order valence-electron chi connectivity index (χ3n) is 3.93. The van der Waals surface area contributed by atoms with Crippen LogP contribution in [-0.2, 0) is 19.6 Å². The maximum atomic E-state index is 12.9. The highest BCUT2D eigenvalue weighted by molar-refractivity contribution is 7.89. The van der Waals surface area contributed by atoms with E-state index in [4.69, 9.17) is 4.74 Å². The van der Waals surface area contributed by atoms with Crippen LogP contribution >= 0.6 is 11.5 Å². The number of fused-ring (bicyclic) bond motifs is 1. The summed E-state index contributed by atoms with van der Waals surface area (Å²) >= 11 is 1.08. The molecular weight excluding hydrogens is 338 g/mol. The van der Waals surface area contributed by atoms with Crippen molar-refractivity contribution >= 4 is 37.7 Å². The number of carbonyl (C=O) groups is 1. The van der Waals surface area contributed by atoms with Crippen LogP contribution in [0.15, 0.2) is 23.1 Å². The van der Waals surface area contributed by atoms with Gasteiger partial charge in [0.15, 0.2) is 0 Å². The largest absolute Gasteiger partial charge is 0.466 e. The number of aromatic nitrogens is 2. The number of carbonyl (C=O) groups excluding carboxylic acids is 1. The highest BCUT2D eigenvalue weighted by Gasteiger charge is 2.33. The Hall–Kier alpha value is -1.58. The van der Waals surface area contributed by atoms with Gasteiger partial charge in [-0.25, -0.2) is 8.42 Å². The van der Waals surface area contributed by atoms with Gasteiger partial charge in [-0.3, -0.25) is 4.79 Å². The second kappa shape index (κ2) is 6.50. The summed E-state index contributed by atoms with van der Waals surface area (Å²) < 4.78 is 36.6. The van der Waals surface area contributed by atoms with E-state index in [1.165, 1.54) is 4.31 Å². The Morgan fingerprint density at radius 3 is 2.83 bits per heavy atom. The average molecular weight is 355 g/mol. The van der Waals surface area contributed by atoms with Gasteiger partial charge in [0.05, 0.1) is 17.2 Å². The summed E-state index contributed by atoms with van der Waals surface area (Å²) in [6.45, 7) is 2.74. The molecule has 0 radical (unpaired) electrons. The fraction of sp³-hybridized carbons (Fsp3) is 0.500. The van der Waals surface area contributed by atoms with Crippen LogP contribution in [0.5, 0.6) is 0 Å². The molecule has 1 aromatic carbocycles. The van der Waals surface area contributed by atoms with Gasteiger partial charge in [0.2, 0.25) is 10.0 Å². The van der Waals surface area contributed by atoms with Gasteiger partial charge in [-0.15, -0.1) is 5.10 Å². The topological polar surface area (TPSA) is 89.5 Å². The van der Waals surface area contributed by atoms with Crippen LogP contribution in [0.25, 0.3) is 10.2 Å². The smallest absolute Gasteiger partial charge is 0.309 e. The number of nitrogens with zero attached hydrogens (tertiary/aromatic N) is 3. The summed E-state index contributed by atoms with van der Waals surface area (Å²) in [4.78, 5) is 12.0. The Kier molecular flexibility index (Phi) is 4.60. The number of benzene rings is 1. The molecule has 23 heavy (non-hydrogen) atoms. The molecule has 0 amide bonds. The Balaban J connectivity index is 1.80. The van der Waals surface area contributed by atoms with E-state index in [0.29, 0.717) is 42.8 Å². The normalized spacial score (nSPS) is 17.4. The van der Waals surface area contributed by atoms with Crippen LogP contribution in [0.1, 0.15) is 19.8 Å². The van der Waals surface area contributed by atoms with E-state index in [1.807, 2.05) is 0 Å². The zero-order valence-electron chi connectivity index (χ0n) is 12.6.